The molecule has 2 unspecified atom stereocenters. The van der Waals surface area contributed by atoms with Crippen molar-refractivity contribution in [2.45, 2.75) is 125 Å². The maximum atomic E-state index is 4.50. The quantitative estimate of drug-likeness (QED) is 0.252. The SMILES string of the molecule is CCC(C)CC(CC(C)C)n1cc(CCCCc2cn(C(CC(C)C)CC(C)C)nn2)nn1. The summed E-state index contributed by atoms with van der Waals surface area (Å²) in [6.45, 7) is 18.4. The number of hydrogen-bond donors (Lipinski definition) is 0. The molecule has 2 aromatic heterocycles. The van der Waals surface area contributed by atoms with Crippen molar-refractivity contribution < 1.29 is 0 Å². The van der Waals surface area contributed by atoms with Crippen LogP contribution in [0.1, 0.15) is 124 Å². The van der Waals surface area contributed by atoms with Crippen LogP contribution in [0, 0.1) is 23.7 Å². The fourth-order valence-electron chi connectivity index (χ4n) is 4.71. The van der Waals surface area contributed by atoms with Gasteiger partial charge in [-0.1, -0.05) is 72.2 Å². The minimum Gasteiger partial charge on any atom is -0.249 e. The second kappa shape index (κ2) is 13.9. The molecule has 2 heterocycles. The highest BCUT2D eigenvalue weighted by atomic mass is 15.4. The van der Waals surface area contributed by atoms with Crippen molar-refractivity contribution in [2.24, 2.45) is 23.7 Å². The summed E-state index contributed by atoms with van der Waals surface area (Å²) in [6, 6.07) is 0.913. The first-order valence-electron chi connectivity index (χ1n) is 13.5. The summed E-state index contributed by atoms with van der Waals surface area (Å²) in [5, 5.41) is 17.9. The van der Waals surface area contributed by atoms with Crippen molar-refractivity contribution in [3.63, 3.8) is 0 Å². The number of nitrogens with zero attached hydrogens (tertiary/aromatic N) is 6. The molecule has 6 heteroatoms. The van der Waals surface area contributed by atoms with Gasteiger partial charge in [0.2, 0.25) is 0 Å². The van der Waals surface area contributed by atoms with Gasteiger partial charge in [0.05, 0.1) is 23.5 Å². The van der Waals surface area contributed by atoms with Crippen molar-refractivity contribution in [1.29, 1.82) is 0 Å². The van der Waals surface area contributed by atoms with Crippen LogP contribution < -0.4 is 0 Å². The minimum absolute atomic E-state index is 0.454. The summed E-state index contributed by atoms with van der Waals surface area (Å²) >= 11 is 0. The molecule has 0 aliphatic carbocycles. The van der Waals surface area contributed by atoms with E-state index in [1.165, 1.54) is 12.8 Å². The van der Waals surface area contributed by atoms with E-state index in [0.29, 0.717) is 29.8 Å². The number of aryl methyl sites for hydroxylation is 2. The molecule has 2 atom stereocenters. The number of hydrogen-bond acceptors (Lipinski definition) is 4. The molecule has 0 N–H and O–H groups in total. The van der Waals surface area contributed by atoms with E-state index >= 15 is 0 Å². The first-order valence-corrected chi connectivity index (χ1v) is 13.5. The van der Waals surface area contributed by atoms with Crippen LogP contribution >= 0.6 is 0 Å². The second-order valence-electron chi connectivity index (χ2n) is 11.5. The summed E-state index contributed by atoms with van der Waals surface area (Å²) in [4.78, 5) is 0. The van der Waals surface area contributed by atoms with Gasteiger partial charge in [-0.3, -0.25) is 0 Å². The summed E-state index contributed by atoms with van der Waals surface area (Å²) in [5.41, 5.74) is 2.23. The van der Waals surface area contributed by atoms with Gasteiger partial charge in [-0.05, 0) is 75.0 Å². The third-order valence-electron chi connectivity index (χ3n) is 6.58. The van der Waals surface area contributed by atoms with E-state index in [0.717, 1.165) is 62.3 Å². The fourth-order valence-corrected chi connectivity index (χ4v) is 4.71. The molecule has 2 rings (SSSR count). The first-order chi connectivity index (χ1) is 15.7. The highest BCUT2D eigenvalue weighted by Gasteiger charge is 2.18. The Kier molecular flexibility index (Phi) is 11.6. The van der Waals surface area contributed by atoms with E-state index in [-0.39, 0.29) is 0 Å². The van der Waals surface area contributed by atoms with Crippen LogP contribution in [0.2, 0.25) is 0 Å². The van der Waals surface area contributed by atoms with Gasteiger partial charge in [0.15, 0.2) is 0 Å². The van der Waals surface area contributed by atoms with Crippen LogP contribution in [0.3, 0.4) is 0 Å². The van der Waals surface area contributed by atoms with Crippen LogP contribution in [0.5, 0.6) is 0 Å². The lowest BCUT2D eigenvalue weighted by Crippen LogP contribution is -2.15. The van der Waals surface area contributed by atoms with Gasteiger partial charge in [-0.25, -0.2) is 9.36 Å². The third kappa shape index (κ3) is 9.97. The molecule has 0 radical (unpaired) electrons. The summed E-state index contributed by atoms with van der Waals surface area (Å²) < 4.78 is 4.25. The highest BCUT2D eigenvalue weighted by Crippen LogP contribution is 2.26. The molecule has 2 aromatic rings. The molecule has 6 nitrogen and oxygen atoms in total. The summed E-state index contributed by atoms with van der Waals surface area (Å²) in [5.74, 6) is 2.72. The standard InChI is InChI=1S/C27H50N6/c1-9-23(8)17-27(16-22(6)7)33-19-25(29-31-33)13-11-10-12-24-18-32(30-28-24)26(14-20(2)3)15-21(4)5/h18-23,26-27H,9-17H2,1-8H3. The van der Waals surface area contributed by atoms with Gasteiger partial charge in [0.25, 0.3) is 0 Å². The normalized spacial score (nSPS) is 14.2. The Morgan fingerprint density at radius 3 is 1.39 bits per heavy atom. The van der Waals surface area contributed by atoms with Crippen LogP contribution in [0.4, 0.5) is 0 Å². The third-order valence-corrected chi connectivity index (χ3v) is 6.58. The van der Waals surface area contributed by atoms with Crippen LogP contribution in [0.15, 0.2) is 12.4 Å². The number of rotatable bonds is 16. The molecule has 0 saturated carbocycles. The zero-order valence-electron chi connectivity index (χ0n) is 22.7. The second-order valence-corrected chi connectivity index (χ2v) is 11.5. The zero-order chi connectivity index (χ0) is 24.4. The lowest BCUT2D eigenvalue weighted by Gasteiger charge is -2.22. The van der Waals surface area contributed by atoms with Crippen LogP contribution in [0.25, 0.3) is 0 Å². The first kappa shape index (κ1) is 27.5. The van der Waals surface area contributed by atoms with Gasteiger partial charge in [-0.15, -0.1) is 10.2 Å². The van der Waals surface area contributed by atoms with E-state index < -0.39 is 0 Å². The number of aromatic nitrogens is 6. The topological polar surface area (TPSA) is 61.4 Å². The molecule has 0 spiro atoms. The van der Waals surface area contributed by atoms with E-state index in [2.05, 4.69) is 97.8 Å². The smallest absolute Gasteiger partial charge is 0.0827 e. The Hall–Kier alpha value is -1.72. The van der Waals surface area contributed by atoms with Crippen molar-refractivity contribution in [3.05, 3.63) is 23.8 Å². The van der Waals surface area contributed by atoms with Crippen LogP contribution in [-0.2, 0) is 12.8 Å². The molecule has 0 aliphatic heterocycles. The number of unbranched alkanes of at least 4 members (excludes halogenated alkanes) is 1. The Labute approximate surface area is 202 Å². The zero-order valence-corrected chi connectivity index (χ0v) is 22.7. The molecule has 0 aromatic carbocycles. The van der Waals surface area contributed by atoms with Crippen molar-refractivity contribution in [2.75, 3.05) is 0 Å². The Morgan fingerprint density at radius 2 is 1.03 bits per heavy atom. The molecular weight excluding hydrogens is 408 g/mol. The monoisotopic (exact) mass is 458 g/mol. The van der Waals surface area contributed by atoms with Gasteiger partial charge in [-0.2, -0.15) is 0 Å². The predicted octanol–water partition coefficient (Wildman–Crippen LogP) is 7.09. The van der Waals surface area contributed by atoms with Crippen molar-refractivity contribution in [1.82, 2.24) is 30.0 Å². The van der Waals surface area contributed by atoms with E-state index in [1.54, 1.807) is 0 Å². The molecule has 0 amide bonds. The fraction of sp³-hybridized carbons (Fsp3) is 0.852. The molecule has 33 heavy (non-hydrogen) atoms. The van der Waals surface area contributed by atoms with E-state index in [9.17, 15) is 0 Å². The van der Waals surface area contributed by atoms with Gasteiger partial charge >= 0.3 is 0 Å². The Bertz CT molecular complexity index is 765. The maximum absolute atomic E-state index is 4.50. The lowest BCUT2D eigenvalue weighted by molar-refractivity contribution is 0.300. The highest BCUT2D eigenvalue weighted by molar-refractivity contribution is 4.96. The molecule has 0 fully saturated rings. The summed E-state index contributed by atoms with van der Waals surface area (Å²) in [6.07, 6.45) is 14.4. The predicted molar refractivity (Wildman–Crippen MR) is 137 cm³/mol. The average Bonchev–Trinajstić information content (AvgIpc) is 3.39. The van der Waals surface area contributed by atoms with E-state index in [4.69, 9.17) is 0 Å². The summed E-state index contributed by atoms with van der Waals surface area (Å²) in [7, 11) is 0. The van der Waals surface area contributed by atoms with Crippen molar-refractivity contribution in [3.8, 4) is 0 Å². The van der Waals surface area contributed by atoms with Gasteiger partial charge in [0, 0.05) is 12.4 Å². The van der Waals surface area contributed by atoms with Crippen LogP contribution in [-0.4, -0.2) is 30.0 Å². The van der Waals surface area contributed by atoms with Gasteiger partial charge < -0.3 is 0 Å². The Balaban J connectivity index is 1.85. The lowest BCUT2D eigenvalue weighted by atomic mass is 9.93. The van der Waals surface area contributed by atoms with Crippen molar-refractivity contribution >= 4 is 0 Å². The molecule has 188 valence electrons. The maximum Gasteiger partial charge on any atom is 0.0827 e. The average molecular weight is 459 g/mol. The largest absolute Gasteiger partial charge is 0.249 e. The molecule has 0 saturated heterocycles. The van der Waals surface area contributed by atoms with Gasteiger partial charge in [0.1, 0.15) is 0 Å². The molecular formula is C27H50N6. The minimum atomic E-state index is 0.454. The van der Waals surface area contributed by atoms with E-state index in [1.807, 2.05) is 0 Å². The Morgan fingerprint density at radius 1 is 0.636 bits per heavy atom. The molecule has 0 aliphatic rings. The molecule has 0 bridgehead atoms.